The van der Waals surface area contributed by atoms with Crippen LogP contribution in [0.2, 0.25) is 0 Å². The fraction of sp³-hybridized carbons (Fsp3) is 0.533. The van der Waals surface area contributed by atoms with E-state index in [2.05, 4.69) is 25.1 Å². The minimum Gasteiger partial charge on any atom is -0.352 e. The molecule has 7 heteroatoms. The van der Waals surface area contributed by atoms with Crippen LogP contribution in [-0.4, -0.2) is 51.2 Å². The standard InChI is InChI=1S/C15H19FN6/c16-12-8-17-10-18-15(12)22-6-4-21(5-7-22)9-14-11-2-1-3-13(11)19-20-14/h8,10H,1-7,9H2,(H,19,20). The van der Waals surface area contributed by atoms with Crippen molar-refractivity contribution in [1.29, 1.82) is 0 Å². The van der Waals surface area contributed by atoms with Crippen molar-refractivity contribution in [1.82, 2.24) is 25.1 Å². The van der Waals surface area contributed by atoms with Crippen LogP contribution in [0.25, 0.3) is 0 Å². The molecule has 3 heterocycles. The zero-order valence-electron chi connectivity index (χ0n) is 12.4. The highest BCUT2D eigenvalue weighted by Gasteiger charge is 2.24. The van der Waals surface area contributed by atoms with Gasteiger partial charge in [-0.15, -0.1) is 0 Å². The van der Waals surface area contributed by atoms with E-state index >= 15 is 0 Å². The van der Waals surface area contributed by atoms with E-state index in [0.29, 0.717) is 5.82 Å². The molecule has 1 fully saturated rings. The lowest BCUT2D eigenvalue weighted by atomic mass is 10.2. The summed E-state index contributed by atoms with van der Waals surface area (Å²) in [6.07, 6.45) is 6.13. The highest BCUT2D eigenvalue weighted by atomic mass is 19.1. The molecule has 6 nitrogen and oxygen atoms in total. The van der Waals surface area contributed by atoms with Gasteiger partial charge in [0.2, 0.25) is 0 Å². The summed E-state index contributed by atoms with van der Waals surface area (Å²) in [5, 5.41) is 7.63. The highest BCUT2D eigenvalue weighted by Crippen LogP contribution is 2.24. The average molecular weight is 302 g/mol. The van der Waals surface area contributed by atoms with Gasteiger partial charge in [-0.3, -0.25) is 10.00 Å². The smallest absolute Gasteiger partial charge is 0.183 e. The number of fused-ring (bicyclic) bond motifs is 1. The second-order valence-corrected chi connectivity index (χ2v) is 5.94. The third-order valence-corrected chi connectivity index (χ3v) is 4.59. The number of piperazine rings is 1. The molecule has 0 aromatic carbocycles. The van der Waals surface area contributed by atoms with Gasteiger partial charge in [-0.25, -0.2) is 14.4 Å². The van der Waals surface area contributed by atoms with E-state index in [1.807, 2.05) is 4.90 Å². The SMILES string of the molecule is Fc1cncnc1N1CCN(Cc2n[nH]c3c2CCC3)CC1. The Morgan fingerprint density at radius 1 is 1.18 bits per heavy atom. The van der Waals surface area contributed by atoms with Crippen LogP contribution in [0, 0.1) is 5.82 Å². The summed E-state index contributed by atoms with van der Waals surface area (Å²) in [4.78, 5) is 12.1. The van der Waals surface area contributed by atoms with Crippen LogP contribution in [0.15, 0.2) is 12.5 Å². The molecule has 4 rings (SSSR count). The van der Waals surface area contributed by atoms with Crippen molar-refractivity contribution in [2.75, 3.05) is 31.1 Å². The number of rotatable bonds is 3. The summed E-state index contributed by atoms with van der Waals surface area (Å²) < 4.78 is 13.7. The molecule has 2 aromatic heterocycles. The van der Waals surface area contributed by atoms with E-state index in [-0.39, 0.29) is 5.82 Å². The second kappa shape index (κ2) is 5.64. The molecule has 0 atom stereocenters. The van der Waals surface area contributed by atoms with Crippen molar-refractivity contribution in [3.05, 3.63) is 35.3 Å². The molecule has 2 aliphatic rings. The Hall–Kier alpha value is -2.02. The number of nitrogens with one attached hydrogen (secondary N) is 1. The quantitative estimate of drug-likeness (QED) is 0.921. The molecule has 0 saturated carbocycles. The maximum Gasteiger partial charge on any atom is 0.183 e. The molecule has 0 bridgehead atoms. The van der Waals surface area contributed by atoms with E-state index in [9.17, 15) is 4.39 Å². The monoisotopic (exact) mass is 302 g/mol. The van der Waals surface area contributed by atoms with E-state index < -0.39 is 0 Å². The Kier molecular flexibility index (Phi) is 3.49. The third kappa shape index (κ3) is 2.45. The largest absolute Gasteiger partial charge is 0.352 e. The summed E-state index contributed by atoms with van der Waals surface area (Å²) in [7, 11) is 0. The maximum absolute atomic E-state index is 13.7. The van der Waals surface area contributed by atoms with Crippen LogP contribution >= 0.6 is 0 Å². The minimum absolute atomic E-state index is 0.346. The lowest BCUT2D eigenvalue weighted by Crippen LogP contribution is -2.46. The van der Waals surface area contributed by atoms with Crippen LogP contribution in [0.3, 0.4) is 0 Å². The Bertz CT molecular complexity index is 662. The summed E-state index contributed by atoms with van der Waals surface area (Å²) in [5.74, 6) is 0.0661. The minimum atomic E-state index is -0.346. The number of aromatic amines is 1. The van der Waals surface area contributed by atoms with Gasteiger partial charge in [0.15, 0.2) is 11.6 Å². The normalized spacial score (nSPS) is 18.7. The van der Waals surface area contributed by atoms with Gasteiger partial charge in [-0.05, 0) is 24.8 Å². The lowest BCUT2D eigenvalue weighted by Gasteiger charge is -2.35. The first-order valence-corrected chi connectivity index (χ1v) is 7.79. The second-order valence-electron chi connectivity index (χ2n) is 5.94. The predicted molar refractivity (Wildman–Crippen MR) is 80.1 cm³/mol. The Morgan fingerprint density at radius 3 is 2.86 bits per heavy atom. The van der Waals surface area contributed by atoms with Gasteiger partial charge in [0.05, 0.1) is 11.9 Å². The highest BCUT2D eigenvalue weighted by molar-refractivity contribution is 5.39. The molecule has 1 aliphatic heterocycles. The van der Waals surface area contributed by atoms with Gasteiger partial charge in [0.1, 0.15) is 6.33 Å². The van der Waals surface area contributed by atoms with Crippen LogP contribution < -0.4 is 4.90 Å². The number of H-pyrrole nitrogens is 1. The van der Waals surface area contributed by atoms with E-state index in [4.69, 9.17) is 0 Å². The van der Waals surface area contributed by atoms with Gasteiger partial charge in [0, 0.05) is 38.4 Å². The Labute approximate surface area is 128 Å². The number of aryl methyl sites for hydroxylation is 1. The van der Waals surface area contributed by atoms with Crippen LogP contribution in [0.5, 0.6) is 0 Å². The van der Waals surface area contributed by atoms with Crippen molar-refractivity contribution >= 4 is 5.82 Å². The van der Waals surface area contributed by atoms with Gasteiger partial charge < -0.3 is 4.90 Å². The molecule has 1 saturated heterocycles. The first-order valence-electron chi connectivity index (χ1n) is 7.79. The van der Waals surface area contributed by atoms with Crippen molar-refractivity contribution < 1.29 is 4.39 Å². The molecular weight excluding hydrogens is 283 g/mol. The first-order chi connectivity index (χ1) is 10.8. The summed E-state index contributed by atoms with van der Waals surface area (Å²) in [6, 6.07) is 0. The molecule has 22 heavy (non-hydrogen) atoms. The zero-order valence-corrected chi connectivity index (χ0v) is 12.4. The molecule has 0 amide bonds. The Morgan fingerprint density at radius 2 is 2.05 bits per heavy atom. The number of anilines is 1. The van der Waals surface area contributed by atoms with Crippen LogP contribution in [-0.2, 0) is 19.4 Å². The average Bonchev–Trinajstić information content (AvgIpc) is 3.14. The van der Waals surface area contributed by atoms with Crippen molar-refractivity contribution in [2.45, 2.75) is 25.8 Å². The number of aromatic nitrogens is 4. The molecular formula is C15H19FN6. The number of nitrogens with zero attached hydrogens (tertiary/aromatic N) is 5. The van der Waals surface area contributed by atoms with Crippen molar-refractivity contribution in [3.63, 3.8) is 0 Å². The van der Waals surface area contributed by atoms with Crippen molar-refractivity contribution in [2.24, 2.45) is 0 Å². The molecule has 0 radical (unpaired) electrons. The summed E-state index contributed by atoms with van der Waals surface area (Å²) in [5.41, 5.74) is 3.93. The zero-order chi connectivity index (χ0) is 14.9. The van der Waals surface area contributed by atoms with Gasteiger partial charge in [0.25, 0.3) is 0 Å². The van der Waals surface area contributed by atoms with E-state index in [1.165, 1.54) is 35.9 Å². The predicted octanol–water partition coefficient (Wildman–Crippen LogP) is 1.15. The van der Waals surface area contributed by atoms with Gasteiger partial charge in [-0.2, -0.15) is 5.10 Å². The molecule has 0 unspecified atom stereocenters. The van der Waals surface area contributed by atoms with Gasteiger partial charge in [-0.1, -0.05) is 0 Å². The fourth-order valence-electron chi connectivity index (χ4n) is 3.39. The molecule has 1 aliphatic carbocycles. The number of hydrogen-bond donors (Lipinski definition) is 1. The van der Waals surface area contributed by atoms with E-state index in [0.717, 1.165) is 45.6 Å². The van der Waals surface area contributed by atoms with Crippen molar-refractivity contribution in [3.8, 4) is 0 Å². The first kappa shape index (κ1) is 13.6. The van der Waals surface area contributed by atoms with Crippen LogP contribution in [0.1, 0.15) is 23.4 Å². The number of halogens is 1. The molecule has 1 N–H and O–H groups in total. The Balaban J connectivity index is 1.39. The topological polar surface area (TPSA) is 60.9 Å². The summed E-state index contributed by atoms with van der Waals surface area (Å²) in [6.45, 7) is 4.23. The van der Waals surface area contributed by atoms with Gasteiger partial charge >= 0.3 is 0 Å². The molecule has 0 spiro atoms. The lowest BCUT2D eigenvalue weighted by molar-refractivity contribution is 0.245. The number of hydrogen-bond acceptors (Lipinski definition) is 5. The molecule has 116 valence electrons. The maximum atomic E-state index is 13.7. The third-order valence-electron chi connectivity index (χ3n) is 4.59. The fourth-order valence-corrected chi connectivity index (χ4v) is 3.39. The molecule has 2 aromatic rings. The summed E-state index contributed by atoms with van der Waals surface area (Å²) >= 11 is 0. The van der Waals surface area contributed by atoms with Crippen LogP contribution in [0.4, 0.5) is 10.2 Å². The van der Waals surface area contributed by atoms with E-state index in [1.54, 1.807) is 0 Å².